The van der Waals surface area contributed by atoms with E-state index in [9.17, 15) is 4.79 Å². The molecule has 0 radical (unpaired) electrons. The minimum Gasteiger partial charge on any atom is -0.377 e. The first-order chi connectivity index (χ1) is 13.4. The molecule has 7 heteroatoms. The largest absolute Gasteiger partial charge is 0.377 e. The van der Waals surface area contributed by atoms with Gasteiger partial charge >= 0.3 is 0 Å². The molecule has 1 atom stereocenters. The molecule has 4 heterocycles. The van der Waals surface area contributed by atoms with Gasteiger partial charge in [0.05, 0.1) is 42.1 Å². The van der Waals surface area contributed by atoms with E-state index in [4.69, 9.17) is 9.72 Å². The van der Waals surface area contributed by atoms with E-state index in [2.05, 4.69) is 38.9 Å². The third-order valence-corrected chi connectivity index (χ3v) is 6.20. The highest BCUT2D eigenvalue weighted by molar-refractivity contribution is 7.12. The molecule has 1 saturated heterocycles. The van der Waals surface area contributed by atoms with Gasteiger partial charge in [0, 0.05) is 27.9 Å². The fraction of sp³-hybridized carbons (Fsp3) is 0.476. The van der Waals surface area contributed by atoms with E-state index in [-0.39, 0.29) is 18.0 Å². The van der Waals surface area contributed by atoms with E-state index in [1.54, 1.807) is 17.5 Å². The minimum atomic E-state index is 0.0253. The van der Waals surface area contributed by atoms with Crippen LogP contribution in [0.5, 0.6) is 0 Å². The number of carbonyl (C=O) groups excluding carboxylic acids is 1. The summed E-state index contributed by atoms with van der Waals surface area (Å²) in [6, 6.07) is 4.30. The molecule has 0 aromatic carbocycles. The minimum absolute atomic E-state index is 0.0253. The number of ether oxygens (including phenoxy) is 1. The Hall–Kier alpha value is -2.25. The summed E-state index contributed by atoms with van der Waals surface area (Å²) in [7, 11) is 0. The summed E-state index contributed by atoms with van der Waals surface area (Å²) >= 11 is 1.75. The summed E-state index contributed by atoms with van der Waals surface area (Å²) in [6.07, 6.45) is 1.77. The van der Waals surface area contributed by atoms with Crippen molar-refractivity contribution >= 4 is 28.3 Å². The number of nitrogens with zero attached hydrogens (tertiary/aromatic N) is 4. The topological polar surface area (TPSA) is 60.3 Å². The molecule has 0 saturated carbocycles. The Morgan fingerprint density at radius 2 is 2.11 bits per heavy atom. The number of amides is 1. The van der Waals surface area contributed by atoms with Crippen LogP contribution in [0, 0.1) is 13.8 Å². The first kappa shape index (κ1) is 19.1. The van der Waals surface area contributed by atoms with Gasteiger partial charge in [-0.05, 0) is 46.8 Å². The molecule has 1 unspecified atom stereocenters. The molecule has 0 bridgehead atoms. The van der Waals surface area contributed by atoms with Crippen LogP contribution in [0.25, 0.3) is 22.3 Å². The second-order valence-electron chi connectivity index (χ2n) is 7.72. The Morgan fingerprint density at radius 1 is 1.32 bits per heavy atom. The number of morpholine rings is 1. The number of hydrogen-bond acceptors (Lipinski definition) is 5. The smallest absolute Gasteiger partial charge is 0.255 e. The number of thiophene rings is 1. The molecule has 28 heavy (non-hydrogen) atoms. The summed E-state index contributed by atoms with van der Waals surface area (Å²) in [5.74, 6) is 0.0253. The predicted octanol–water partition coefficient (Wildman–Crippen LogP) is 4.22. The third kappa shape index (κ3) is 3.22. The van der Waals surface area contributed by atoms with Crippen molar-refractivity contribution < 1.29 is 9.53 Å². The van der Waals surface area contributed by atoms with Gasteiger partial charge in [-0.15, -0.1) is 11.3 Å². The Labute approximate surface area is 169 Å². The lowest BCUT2D eigenvalue weighted by molar-refractivity contribution is 0.00370. The molecule has 148 valence electrons. The zero-order valence-corrected chi connectivity index (χ0v) is 17.8. The van der Waals surface area contributed by atoms with Gasteiger partial charge in [0.1, 0.15) is 0 Å². The zero-order chi connectivity index (χ0) is 20.0. The van der Waals surface area contributed by atoms with Gasteiger partial charge in [0.25, 0.3) is 5.91 Å². The van der Waals surface area contributed by atoms with Crippen molar-refractivity contribution in [3.8, 4) is 11.3 Å². The van der Waals surface area contributed by atoms with Gasteiger partial charge in [-0.2, -0.15) is 5.10 Å². The van der Waals surface area contributed by atoms with Gasteiger partial charge in [0.15, 0.2) is 5.65 Å². The maximum atomic E-state index is 13.5. The number of hydrogen-bond donors (Lipinski definition) is 0. The average molecular weight is 399 g/mol. The second kappa shape index (κ2) is 7.29. The summed E-state index contributed by atoms with van der Waals surface area (Å²) in [5, 5.41) is 5.34. The van der Waals surface area contributed by atoms with Crippen molar-refractivity contribution in [3.05, 3.63) is 33.6 Å². The van der Waals surface area contributed by atoms with Gasteiger partial charge in [-0.1, -0.05) is 0 Å². The number of aryl methyl sites for hydroxylation is 2. The maximum absolute atomic E-state index is 13.5. The molecule has 6 nitrogen and oxygen atoms in total. The molecule has 3 aromatic rings. The third-order valence-electron chi connectivity index (χ3n) is 5.23. The lowest BCUT2D eigenvalue weighted by Gasteiger charge is -2.33. The number of pyridine rings is 1. The molecule has 0 N–H and O–H groups in total. The van der Waals surface area contributed by atoms with Gasteiger partial charge < -0.3 is 9.64 Å². The van der Waals surface area contributed by atoms with Crippen LogP contribution < -0.4 is 0 Å². The molecular weight excluding hydrogens is 372 g/mol. The highest BCUT2D eigenvalue weighted by Crippen LogP contribution is 2.33. The lowest BCUT2D eigenvalue weighted by atomic mass is 10.1. The van der Waals surface area contributed by atoms with Crippen molar-refractivity contribution in [1.82, 2.24) is 19.7 Å². The van der Waals surface area contributed by atoms with Gasteiger partial charge in [-0.3, -0.25) is 4.79 Å². The van der Waals surface area contributed by atoms with Crippen molar-refractivity contribution in [3.63, 3.8) is 0 Å². The van der Waals surface area contributed by atoms with E-state index in [1.165, 1.54) is 9.75 Å². The molecular formula is C21H26N4O2S. The van der Waals surface area contributed by atoms with E-state index in [1.807, 2.05) is 22.6 Å². The van der Waals surface area contributed by atoms with Crippen LogP contribution in [0.1, 0.15) is 46.9 Å². The maximum Gasteiger partial charge on any atom is 0.255 e. The van der Waals surface area contributed by atoms with Crippen molar-refractivity contribution in [1.29, 1.82) is 0 Å². The normalized spacial score (nSPS) is 17.6. The Kier molecular flexibility index (Phi) is 4.97. The van der Waals surface area contributed by atoms with E-state index >= 15 is 0 Å². The first-order valence-electron chi connectivity index (χ1n) is 9.71. The fourth-order valence-electron chi connectivity index (χ4n) is 3.78. The molecule has 1 fully saturated rings. The number of carbonyl (C=O) groups is 1. The van der Waals surface area contributed by atoms with E-state index in [0.717, 1.165) is 22.3 Å². The van der Waals surface area contributed by atoms with Crippen molar-refractivity contribution in [2.75, 3.05) is 19.8 Å². The number of rotatable bonds is 3. The summed E-state index contributed by atoms with van der Waals surface area (Å²) < 4.78 is 7.41. The standard InChI is InChI=1S/C21H26N4O2S/c1-12(2)25-20-18(10-22-25)17(21(26)24-6-7-27-11-13(24)3)9-19(23-20)16-8-14(4)28-15(16)5/h8-10,12-13H,6-7,11H2,1-5H3. The molecule has 1 aliphatic heterocycles. The number of aromatic nitrogens is 3. The highest BCUT2D eigenvalue weighted by atomic mass is 32.1. The van der Waals surface area contributed by atoms with Gasteiger partial charge in [0.2, 0.25) is 0 Å². The SMILES string of the molecule is Cc1cc(-c2cc(C(=O)N3CCOCC3C)c3cnn(C(C)C)c3n2)c(C)s1. The monoisotopic (exact) mass is 398 g/mol. The van der Waals surface area contributed by atoms with Gasteiger partial charge in [-0.25, -0.2) is 9.67 Å². The van der Waals surface area contributed by atoms with Crippen LogP contribution in [0.15, 0.2) is 18.3 Å². The summed E-state index contributed by atoms with van der Waals surface area (Å²) in [6.45, 7) is 12.1. The van der Waals surface area contributed by atoms with Crippen molar-refractivity contribution in [2.24, 2.45) is 0 Å². The van der Waals surface area contributed by atoms with Crippen LogP contribution in [-0.2, 0) is 4.74 Å². The van der Waals surface area contributed by atoms with Crippen LogP contribution >= 0.6 is 11.3 Å². The Bertz CT molecular complexity index is 1040. The van der Waals surface area contributed by atoms with Crippen LogP contribution in [0.2, 0.25) is 0 Å². The molecule has 0 spiro atoms. The lowest BCUT2D eigenvalue weighted by Crippen LogP contribution is -2.47. The zero-order valence-electron chi connectivity index (χ0n) is 17.0. The highest BCUT2D eigenvalue weighted by Gasteiger charge is 2.28. The molecule has 4 rings (SSSR count). The Balaban J connectivity index is 1.91. The predicted molar refractivity (Wildman–Crippen MR) is 112 cm³/mol. The van der Waals surface area contributed by atoms with Crippen molar-refractivity contribution in [2.45, 2.75) is 46.7 Å². The summed E-state index contributed by atoms with van der Waals surface area (Å²) in [5.41, 5.74) is 3.36. The van der Waals surface area contributed by atoms with E-state index in [0.29, 0.717) is 25.3 Å². The van der Waals surface area contributed by atoms with E-state index < -0.39 is 0 Å². The number of fused-ring (bicyclic) bond motifs is 1. The van der Waals surface area contributed by atoms with Crippen LogP contribution in [0.4, 0.5) is 0 Å². The quantitative estimate of drug-likeness (QED) is 0.663. The summed E-state index contributed by atoms with van der Waals surface area (Å²) in [4.78, 5) is 22.8. The molecule has 1 aliphatic rings. The second-order valence-corrected chi connectivity index (χ2v) is 9.19. The van der Waals surface area contributed by atoms with Crippen LogP contribution in [-0.4, -0.2) is 51.4 Å². The van der Waals surface area contributed by atoms with Crippen LogP contribution in [0.3, 0.4) is 0 Å². The molecule has 3 aromatic heterocycles. The molecule has 0 aliphatic carbocycles. The average Bonchev–Trinajstić information content (AvgIpc) is 3.23. The fourth-order valence-corrected chi connectivity index (χ4v) is 4.71. The Morgan fingerprint density at radius 3 is 2.75 bits per heavy atom. The first-order valence-corrected chi connectivity index (χ1v) is 10.5. The molecule has 1 amide bonds.